The summed E-state index contributed by atoms with van der Waals surface area (Å²) in [5, 5.41) is 2.61. The molecular formula is C11H22N2O3. The maximum atomic E-state index is 11.5. The zero-order chi connectivity index (χ0) is 12.7. The average molecular weight is 230 g/mol. The monoisotopic (exact) mass is 230 g/mol. The normalized spacial score (nSPS) is 14.4. The van der Waals surface area contributed by atoms with Gasteiger partial charge in [-0.05, 0) is 18.8 Å². The van der Waals surface area contributed by atoms with Gasteiger partial charge in [-0.1, -0.05) is 20.8 Å². The SMILES string of the molecule is CC[C@@H](N)C(=O)N[C@@H](CC(C)C)C(=O)OC. The number of amides is 1. The molecule has 3 N–H and O–H groups in total. The predicted molar refractivity (Wildman–Crippen MR) is 61.7 cm³/mol. The highest BCUT2D eigenvalue weighted by Gasteiger charge is 2.24. The number of nitrogens with two attached hydrogens (primary N) is 1. The molecule has 5 nitrogen and oxygen atoms in total. The summed E-state index contributed by atoms with van der Waals surface area (Å²) in [6.45, 7) is 5.77. The van der Waals surface area contributed by atoms with Gasteiger partial charge in [0.25, 0.3) is 0 Å². The average Bonchev–Trinajstić information content (AvgIpc) is 2.25. The van der Waals surface area contributed by atoms with Crippen LogP contribution in [0.4, 0.5) is 0 Å². The predicted octanol–water partition coefficient (Wildman–Crippen LogP) is 0.428. The van der Waals surface area contributed by atoms with Crippen LogP contribution in [0.15, 0.2) is 0 Å². The van der Waals surface area contributed by atoms with E-state index in [1.54, 1.807) is 0 Å². The van der Waals surface area contributed by atoms with Crippen LogP contribution in [0.5, 0.6) is 0 Å². The molecular weight excluding hydrogens is 208 g/mol. The minimum atomic E-state index is -0.602. The van der Waals surface area contributed by atoms with Crippen LogP contribution >= 0.6 is 0 Å². The van der Waals surface area contributed by atoms with E-state index in [9.17, 15) is 9.59 Å². The topological polar surface area (TPSA) is 81.4 Å². The van der Waals surface area contributed by atoms with Crippen molar-refractivity contribution in [1.82, 2.24) is 5.32 Å². The molecule has 0 bridgehead atoms. The Morgan fingerprint density at radius 2 is 1.94 bits per heavy atom. The first kappa shape index (κ1) is 14.9. The second-order valence-corrected chi connectivity index (χ2v) is 4.23. The molecule has 0 spiro atoms. The Hall–Kier alpha value is -1.10. The van der Waals surface area contributed by atoms with Crippen LogP contribution in [-0.2, 0) is 14.3 Å². The molecule has 0 aliphatic rings. The number of rotatable bonds is 6. The van der Waals surface area contributed by atoms with Crippen LogP contribution in [-0.4, -0.2) is 31.1 Å². The maximum Gasteiger partial charge on any atom is 0.328 e. The zero-order valence-electron chi connectivity index (χ0n) is 10.4. The van der Waals surface area contributed by atoms with E-state index < -0.39 is 18.1 Å². The molecule has 0 saturated heterocycles. The number of hydrogen-bond acceptors (Lipinski definition) is 4. The van der Waals surface area contributed by atoms with Gasteiger partial charge in [0, 0.05) is 0 Å². The third kappa shape index (κ3) is 5.11. The van der Waals surface area contributed by atoms with Gasteiger partial charge >= 0.3 is 5.97 Å². The summed E-state index contributed by atoms with van der Waals surface area (Å²) in [5.41, 5.74) is 5.57. The molecule has 1 amide bonds. The molecule has 0 aromatic heterocycles. The smallest absolute Gasteiger partial charge is 0.328 e. The summed E-state index contributed by atoms with van der Waals surface area (Å²) >= 11 is 0. The highest BCUT2D eigenvalue weighted by molar-refractivity contribution is 5.87. The Kier molecular flexibility index (Phi) is 6.72. The van der Waals surface area contributed by atoms with Gasteiger partial charge in [0.2, 0.25) is 5.91 Å². The van der Waals surface area contributed by atoms with Gasteiger partial charge in [-0.2, -0.15) is 0 Å². The van der Waals surface area contributed by atoms with E-state index >= 15 is 0 Å². The lowest BCUT2D eigenvalue weighted by Gasteiger charge is -2.20. The number of carbonyl (C=O) groups is 2. The molecule has 0 heterocycles. The van der Waals surface area contributed by atoms with Crippen molar-refractivity contribution in [2.45, 2.75) is 45.7 Å². The Balaban J connectivity index is 4.42. The highest BCUT2D eigenvalue weighted by Crippen LogP contribution is 2.06. The standard InChI is InChI=1S/C11H22N2O3/c1-5-8(12)10(14)13-9(6-7(2)3)11(15)16-4/h7-9H,5-6,12H2,1-4H3,(H,13,14)/t8-,9+/m1/s1. The molecule has 16 heavy (non-hydrogen) atoms. The summed E-state index contributed by atoms with van der Waals surface area (Å²) in [4.78, 5) is 23.0. The van der Waals surface area contributed by atoms with Gasteiger partial charge in [0.05, 0.1) is 13.2 Å². The van der Waals surface area contributed by atoms with Gasteiger partial charge in [0.15, 0.2) is 0 Å². The highest BCUT2D eigenvalue weighted by atomic mass is 16.5. The Morgan fingerprint density at radius 1 is 1.38 bits per heavy atom. The van der Waals surface area contributed by atoms with Crippen LogP contribution in [0.2, 0.25) is 0 Å². The van der Waals surface area contributed by atoms with E-state index in [2.05, 4.69) is 10.1 Å². The lowest BCUT2D eigenvalue weighted by atomic mass is 10.0. The number of carbonyl (C=O) groups excluding carboxylic acids is 2. The van der Waals surface area contributed by atoms with Gasteiger partial charge < -0.3 is 15.8 Å². The van der Waals surface area contributed by atoms with E-state index in [-0.39, 0.29) is 5.91 Å². The van der Waals surface area contributed by atoms with Crippen LogP contribution in [0.1, 0.15) is 33.6 Å². The summed E-state index contributed by atoms with van der Waals surface area (Å²) in [6.07, 6.45) is 1.09. The fraction of sp³-hybridized carbons (Fsp3) is 0.818. The molecule has 5 heteroatoms. The first-order valence-electron chi connectivity index (χ1n) is 5.56. The Bertz CT molecular complexity index is 241. The van der Waals surface area contributed by atoms with Gasteiger partial charge in [0.1, 0.15) is 6.04 Å². The van der Waals surface area contributed by atoms with Crippen LogP contribution in [0.25, 0.3) is 0 Å². The largest absolute Gasteiger partial charge is 0.467 e. The molecule has 0 aliphatic heterocycles. The van der Waals surface area contributed by atoms with Gasteiger partial charge in [-0.3, -0.25) is 4.79 Å². The molecule has 0 aromatic rings. The van der Waals surface area contributed by atoms with Crippen molar-refractivity contribution in [2.24, 2.45) is 11.7 Å². The number of methoxy groups -OCH3 is 1. The van der Waals surface area contributed by atoms with Crippen LogP contribution < -0.4 is 11.1 Å². The molecule has 94 valence electrons. The second-order valence-electron chi connectivity index (χ2n) is 4.23. The molecule has 0 aromatic carbocycles. The lowest BCUT2D eigenvalue weighted by molar-refractivity contribution is -0.145. The summed E-state index contributed by atoms with van der Waals surface area (Å²) in [6, 6.07) is -1.17. The fourth-order valence-corrected chi connectivity index (χ4v) is 1.29. The summed E-state index contributed by atoms with van der Waals surface area (Å²) in [7, 11) is 1.31. The van der Waals surface area contributed by atoms with E-state index in [0.29, 0.717) is 18.8 Å². The van der Waals surface area contributed by atoms with Crippen molar-refractivity contribution in [1.29, 1.82) is 0 Å². The fourth-order valence-electron chi connectivity index (χ4n) is 1.29. The van der Waals surface area contributed by atoms with Crippen LogP contribution in [0.3, 0.4) is 0 Å². The third-order valence-electron chi connectivity index (χ3n) is 2.29. The summed E-state index contributed by atoms with van der Waals surface area (Å²) in [5.74, 6) is -0.439. The molecule has 0 aliphatic carbocycles. The number of hydrogen-bond donors (Lipinski definition) is 2. The first-order valence-corrected chi connectivity index (χ1v) is 5.56. The Labute approximate surface area is 96.7 Å². The van der Waals surface area contributed by atoms with E-state index in [1.165, 1.54) is 7.11 Å². The maximum absolute atomic E-state index is 11.5. The number of esters is 1. The number of ether oxygens (including phenoxy) is 1. The van der Waals surface area contributed by atoms with Crippen molar-refractivity contribution in [2.75, 3.05) is 7.11 Å². The molecule has 0 saturated carbocycles. The molecule has 0 unspecified atom stereocenters. The summed E-state index contributed by atoms with van der Waals surface area (Å²) < 4.78 is 4.63. The number of nitrogens with one attached hydrogen (secondary N) is 1. The van der Waals surface area contributed by atoms with Crippen LogP contribution in [0, 0.1) is 5.92 Å². The van der Waals surface area contributed by atoms with Gasteiger partial charge in [-0.15, -0.1) is 0 Å². The van der Waals surface area contributed by atoms with Crippen molar-refractivity contribution in [3.05, 3.63) is 0 Å². The third-order valence-corrected chi connectivity index (χ3v) is 2.29. The lowest BCUT2D eigenvalue weighted by Crippen LogP contribution is -2.49. The van der Waals surface area contributed by atoms with E-state index in [4.69, 9.17) is 5.73 Å². The molecule has 0 fully saturated rings. The van der Waals surface area contributed by atoms with Crippen molar-refractivity contribution in [3.63, 3.8) is 0 Å². The Morgan fingerprint density at radius 3 is 2.31 bits per heavy atom. The first-order chi connectivity index (χ1) is 7.42. The van der Waals surface area contributed by atoms with Crippen molar-refractivity contribution < 1.29 is 14.3 Å². The molecule has 2 atom stereocenters. The van der Waals surface area contributed by atoms with Crippen molar-refractivity contribution in [3.8, 4) is 0 Å². The molecule has 0 rings (SSSR count). The zero-order valence-corrected chi connectivity index (χ0v) is 10.4. The van der Waals surface area contributed by atoms with Crippen molar-refractivity contribution >= 4 is 11.9 Å². The minimum absolute atomic E-state index is 0.294. The molecule has 0 radical (unpaired) electrons. The van der Waals surface area contributed by atoms with E-state index in [0.717, 1.165) is 0 Å². The van der Waals surface area contributed by atoms with Gasteiger partial charge in [-0.25, -0.2) is 4.79 Å². The van der Waals surface area contributed by atoms with E-state index in [1.807, 2.05) is 20.8 Å². The quantitative estimate of drug-likeness (QED) is 0.648. The second kappa shape index (κ2) is 7.22. The minimum Gasteiger partial charge on any atom is -0.467 e.